The number of thioether (sulfide) groups is 1. The number of aliphatic imine (C=N–C) groups is 1. The fraction of sp³-hybridized carbons (Fsp3) is 0.600. The summed E-state index contributed by atoms with van der Waals surface area (Å²) in [4.78, 5) is 21.1. The predicted molar refractivity (Wildman–Crippen MR) is 69.2 cm³/mol. The number of nitrogens with one attached hydrogen (secondary N) is 1. The minimum atomic E-state index is -0.347. The van der Waals surface area contributed by atoms with Crippen LogP contribution in [0.4, 0.5) is 0 Å². The average molecular weight is 256 g/mol. The molecular formula is C10H16N4O2S. The van der Waals surface area contributed by atoms with Gasteiger partial charge in [0.15, 0.2) is 0 Å². The van der Waals surface area contributed by atoms with E-state index in [4.69, 9.17) is 0 Å². The predicted octanol–water partition coefficient (Wildman–Crippen LogP) is 1.77. The molecular weight excluding hydrogens is 240 g/mol. The maximum atomic E-state index is 10.3. The molecule has 0 bridgehead atoms. The van der Waals surface area contributed by atoms with Crippen LogP contribution in [0.2, 0.25) is 0 Å². The first-order chi connectivity index (χ1) is 8.22. The summed E-state index contributed by atoms with van der Waals surface area (Å²) >= 11 is 1.35. The quantitative estimate of drug-likeness (QED) is 0.265. The summed E-state index contributed by atoms with van der Waals surface area (Å²) in [5, 5.41) is 10.9. The number of unbranched alkanes of at least 4 members (excludes halogenated alkanes) is 1. The molecule has 1 aromatic rings. The molecule has 94 valence electrons. The SMILES string of the molecule is CSC(C[N+](=O)[O-])=NCCCCc1cnc[nH]1. The number of nitro groups is 1. The van der Waals surface area contributed by atoms with Crippen LogP contribution in [-0.2, 0) is 6.42 Å². The lowest BCUT2D eigenvalue weighted by Gasteiger charge is -1.99. The Bertz CT molecular complexity index is 364. The molecule has 0 spiro atoms. The Morgan fingerprint density at radius 1 is 1.65 bits per heavy atom. The number of rotatable bonds is 7. The molecule has 0 amide bonds. The number of H-pyrrole nitrogens is 1. The van der Waals surface area contributed by atoms with Gasteiger partial charge in [-0.2, -0.15) is 0 Å². The number of aromatic amines is 1. The van der Waals surface area contributed by atoms with Gasteiger partial charge < -0.3 is 4.98 Å². The van der Waals surface area contributed by atoms with E-state index >= 15 is 0 Å². The van der Waals surface area contributed by atoms with Crippen molar-refractivity contribution in [3.63, 3.8) is 0 Å². The summed E-state index contributed by atoms with van der Waals surface area (Å²) in [6.45, 7) is 0.486. The van der Waals surface area contributed by atoms with Crippen LogP contribution in [0.15, 0.2) is 17.5 Å². The zero-order valence-corrected chi connectivity index (χ0v) is 10.6. The van der Waals surface area contributed by atoms with Crippen LogP contribution in [0.5, 0.6) is 0 Å². The van der Waals surface area contributed by atoms with Crippen LogP contribution in [0.1, 0.15) is 18.5 Å². The topological polar surface area (TPSA) is 84.2 Å². The Balaban J connectivity index is 2.17. The Kier molecular flexibility index (Phi) is 6.31. The second-order valence-electron chi connectivity index (χ2n) is 3.50. The van der Waals surface area contributed by atoms with E-state index < -0.39 is 0 Å². The molecule has 0 aliphatic rings. The number of aryl methyl sites for hydroxylation is 1. The van der Waals surface area contributed by atoms with Gasteiger partial charge in [0.1, 0.15) is 5.04 Å². The van der Waals surface area contributed by atoms with Crippen molar-refractivity contribution in [1.29, 1.82) is 0 Å². The van der Waals surface area contributed by atoms with Gasteiger partial charge in [-0.25, -0.2) is 4.98 Å². The number of nitrogens with zero attached hydrogens (tertiary/aromatic N) is 3. The molecule has 0 radical (unpaired) electrons. The first-order valence-electron chi connectivity index (χ1n) is 5.38. The van der Waals surface area contributed by atoms with Crippen molar-refractivity contribution in [2.24, 2.45) is 4.99 Å². The van der Waals surface area contributed by atoms with Gasteiger partial charge in [-0.15, -0.1) is 11.8 Å². The van der Waals surface area contributed by atoms with E-state index in [1.807, 2.05) is 12.5 Å². The number of imidazole rings is 1. The van der Waals surface area contributed by atoms with Gasteiger partial charge >= 0.3 is 0 Å². The van der Waals surface area contributed by atoms with E-state index in [9.17, 15) is 10.1 Å². The van der Waals surface area contributed by atoms with Crippen molar-refractivity contribution in [3.05, 3.63) is 28.3 Å². The smallest absolute Gasteiger partial charge is 0.250 e. The van der Waals surface area contributed by atoms with Crippen molar-refractivity contribution in [2.45, 2.75) is 19.3 Å². The van der Waals surface area contributed by atoms with E-state index in [1.165, 1.54) is 11.8 Å². The van der Waals surface area contributed by atoms with Crippen molar-refractivity contribution >= 4 is 16.8 Å². The second-order valence-corrected chi connectivity index (χ2v) is 4.38. The highest BCUT2D eigenvalue weighted by atomic mass is 32.2. The van der Waals surface area contributed by atoms with Crippen LogP contribution < -0.4 is 0 Å². The molecule has 17 heavy (non-hydrogen) atoms. The normalized spacial score (nSPS) is 11.7. The Hall–Kier alpha value is -1.37. The molecule has 0 aromatic carbocycles. The molecule has 1 rings (SSSR count). The summed E-state index contributed by atoms with van der Waals surface area (Å²) in [5.74, 6) is 0. The summed E-state index contributed by atoms with van der Waals surface area (Å²) < 4.78 is 0. The summed E-state index contributed by atoms with van der Waals surface area (Å²) in [7, 11) is 0. The summed E-state index contributed by atoms with van der Waals surface area (Å²) in [6, 6.07) is 0. The molecule has 0 saturated carbocycles. The fourth-order valence-corrected chi connectivity index (χ4v) is 1.80. The molecule has 6 nitrogen and oxygen atoms in total. The van der Waals surface area contributed by atoms with E-state index in [2.05, 4.69) is 15.0 Å². The first-order valence-corrected chi connectivity index (χ1v) is 6.61. The van der Waals surface area contributed by atoms with E-state index in [1.54, 1.807) is 6.33 Å². The number of aromatic nitrogens is 2. The minimum Gasteiger partial charge on any atom is -0.348 e. The monoisotopic (exact) mass is 256 g/mol. The largest absolute Gasteiger partial charge is 0.348 e. The molecule has 1 N–H and O–H groups in total. The van der Waals surface area contributed by atoms with Gasteiger partial charge in [-0.1, -0.05) is 0 Å². The fourth-order valence-electron chi connectivity index (χ4n) is 1.34. The van der Waals surface area contributed by atoms with E-state index in [0.29, 0.717) is 11.6 Å². The van der Waals surface area contributed by atoms with Gasteiger partial charge in [0.05, 0.1) is 6.33 Å². The van der Waals surface area contributed by atoms with Gasteiger partial charge in [-0.05, 0) is 25.5 Å². The van der Waals surface area contributed by atoms with Crippen LogP contribution in [0, 0.1) is 10.1 Å². The maximum absolute atomic E-state index is 10.3. The third-order valence-electron chi connectivity index (χ3n) is 2.20. The Morgan fingerprint density at radius 3 is 3.06 bits per heavy atom. The van der Waals surface area contributed by atoms with Crippen LogP contribution in [-0.4, -0.2) is 39.3 Å². The zero-order valence-electron chi connectivity index (χ0n) is 9.76. The lowest BCUT2D eigenvalue weighted by atomic mass is 10.2. The molecule has 0 aliphatic heterocycles. The van der Waals surface area contributed by atoms with Crippen LogP contribution in [0.3, 0.4) is 0 Å². The number of hydrogen-bond donors (Lipinski definition) is 1. The molecule has 0 fully saturated rings. The van der Waals surface area contributed by atoms with Crippen LogP contribution in [0.25, 0.3) is 0 Å². The third kappa shape index (κ3) is 6.06. The molecule has 1 heterocycles. The highest BCUT2D eigenvalue weighted by Gasteiger charge is 2.04. The molecule has 0 atom stereocenters. The summed E-state index contributed by atoms with van der Waals surface area (Å²) in [6.07, 6.45) is 8.17. The van der Waals surface area contributed by atoms with Crippen molar-refractivity contribution < 1.29 is 4.92 Å². The Morgan fingerprint density at radius 2 is 2.47 bits per heavy atom. The number of hydrogen-bond acceptors (Lipinski definition) is 5. The summed E-state index contributed by atoms with van der Waals surface area (Å²) in [5.41, 5.74) is 1.12. The molecule has 0 unspecified atom stereocenters. The van der Waals surface area contributed by atoms with Gasteiger partial charge in [0.2, 0.25) is 0 Å². The highest BCUT2D eigenvalue weighted by Crippen LogP contribution is 2.03. The highest BCUT2D eigenvalue weighted by molar-refractivity contribution is 8.13. The van der Waals surface area contributed by atoms with Gasteiger partial charge in [-0.3, -0.25) is 15.1 Å². The maximum Gasteiger partial charge on any atom is 0.250 e. The molecule has 0 aliphatic carbocycles. The third-order valence-corrected chi connectivity index (χ3v) is 2.93. The van der Waals surface area contributed by atoms with Crippen LogP contribution >= 0.6 is 11.8 Å². The molecule has 1 aromatic heterocycles. The lowest BCUT2D eigenvalue weighted by molar-refractivity contribution is -0.462. The average Bonchev–Trinajstić information content (AvgIpc) is 2.79. The van der Waals surface area contributed by atoms with Gasteiger partial charge in [0.25, 0.3) is 6.54 Å². The van der Waals surface area contributed by atoms with Crippen molar-refractivity contribution in [1.82, 2.24) is 9.97 Å². The van der Waals surface area contributed by atoms with E-state index in [0.717, 1.165) is 25.0 Å². The molecule has 7 heteroatoms. The Labute approximate surface area is 104 Å². The van der Waals surface area contributed by atoms with Crippen molar-refractivity contribution in [3.8, 4) is 0 Å². The first kappa shape index (κ1) is 13.7. The second kappa shape index (κ2) is 7.83. The van der Waals surface area contributed by atoms with E-state index in [-0.39, 0.29) is 11.5 Å². The standard InChI is InChI=1S/C10H16N4O2S/c1-17-10(7-14(15)16)12-5-3-2-4-9-6-11-8-13-9/h6,8H,2-5,7H2,1H3,(H,11,13). The van der Waals surface area contributed by atoms with Crippen molar-refractivity contribution in [2.75, 3.05) is 19.3 Å². The molecule has 0 saturated heterocycles. The minimum absolute atomic E-state index is 0.165. The zero-order chi connectivity index (χ0) is 12.5. The lowest BCUT2D eigenvalue weighted by Crippen LogP contribution is -2.10. The van der Waals surface area contributed by atoms with Gasteiger partial charge in [0, 0.05) is 23.4 Å².